The van der Waals surface area contributed by atoms with Gasteiger partial charge in [-0.15, -0.1) is 0 Å². The fraction of sp³-hybridized carbons (Fsp3) is 0.455. The van der Waals surface area contributed by atoms with Gasteiger partial charge in [-0.2, -0.15) is 0 Å². The van der Waals surface area contributed by atoms with Crippen molar-refractivity contribution in [3.05, 3.63) is 71.8 Å². The zero-order valence-corrected chi connectivity index (χ0v) is 24.9. The molecule has 41 heavy (non-hydrogen) atoms. The van der Waals surface area contributed by atoms with E-state index in [9.17, 15) is 9.59 Å². The van der Waals surface area contributed by atoms with Crippen molar-refractivity contribution in [2.45, 2.75) is 68.8 Å². The maximum absolute atomic E-state index is 13.4. The zero-order chi connectivity index (χ0) is 28.6. The van der Waals surface area contributed by atoms with Gasteiger partial charge < -0.3 is 14.5 Å². The number of hydrogen-bond donors (Lipinski definition) is 0. The molecule has 2 aromatic carbocycles. The second-order valence-corrected chi connectivity index (χ2v) is 11.9. The highest BCUT2D eigenvalue weighted by molar-refractivity contribution is 7.98. The van der Waals surface area contributed by atoms with Crippen LogP contribution in [0.1, 0.15) is 67.8 Å². The van der Waals surface area contributed by atoms with E-state index in [1.165, 1.54) is 32.1 Å². The van der Waals surface area contributed by atoms with Crippen LogP contribution in [-0.4, -0.2) is 59.5 Å². The van der Waals surface area contributed by atoms with E-state index < -0.39 is 0 Å². The minimum absolute atomic E-state index is 0.0374. The summed E-state index contributed by atoms with van der Waals surface area (Å²) in [5, 5.41) is 0.731. The molecule has 2 heterocycles. The van der Waals surface area contributed by atoms with Gasteiger partial charge in [0.2, 0.25) is 0 Å². The molecule has 2 aliphatic rings. The van der Waals surface area contributed by atoms with Crippen LogP contribution in [0.4, 0.5) is 5.82 Å². The van der Waals surface area contributed by atoms with Gasteiger partial charge in [-0.05, 0) is 50.3 Å². The number of rotatable bonds is 9. The lowest BCUT2D eigenvalue weighted by Crippen LogP contribution is -2.42. The van der Waals surface area contributed by atoms with E-state index in [-0.39, 0.29) is 17.8 Å². The Balaban J connectivity index is 1.31. The first-order valence-corrected chi connectivity index (χ1v) is 15.9. The number of carbonyl (C=O) groups is 2. The number of hydrogen-bond acceptors (Lipinski definition) is 7. The number of thioether (sulfide) groups is 1. The minimum Gasteiger partial charge on any atom is -0.466 e. The number of piperidine rings is 1. The molecule has 0 N–H and O–H groups in total. The number of ether oxygens (including phenoxy) is 1. The van der Waals surface area contributed by atoms with Crippen LogP contribution in [0.15, 0.2) is 65.8 Å². The molecule has 1 saturated carbocycles. The standard InChI is InChI=1S/C33H40N4O3S/c1-3-40-32(39)27-16-11-19-37(22-27)31(38)26-15-10-12-24(20-26)23-41-33-34-29(25-13-6-4-7-14-25)21-30(35-33)36(2)28-17-8-5-9-18-28/h4,6-7,10,12-15,20-21,27-28H,3,5,8-9,11,16-19,22-23H2,1-2H3. The van der Waals surface area contributed by atoms with Crippen LogP contribution >= 0.6 is 11.8 Å². The summed E-state index contributed by atoms with van der Waals surface area (Å²) in [6.45, 7) is 3.24. The Bertz CT molecular complexity index is 1330. The molecule has 8 heteroatoms. The number of nitrogens with zero attached hydrogens (tertiary/aromatic N) is 4. The lowest BCUT2D eigenvalue weighted by molar-refractivity contribution is -0.149. The third-order valence-corrected chi connectivity index (χ3v) is 9.03. The number of aromatic nitrogens is 2. The number of amides is 1. The van der Waals surface area contributed by atoms with Crippen molar-refractivity contribution in [3.63, 3.8) is 0 Å². The molecular weight excluding hydrogens is 532 g/mol. The van der Waals surface area contributed by atoms with Crippen molar-refractivity contribution in [2.75, 3.05) is 31.6 Å². The highest BCUT2D eigenvalue weighted by Gasteiger charge is 2.30. The molecule has 1 aliphatic carbocycles. The van der Waals surface area contributed by atoms with Crippen LogP contribution in [0.25, 0.3) is 11.3 Å². The molecule has 1 atom stereocenters. The molecule has 1 aliphatic heterocycles. The summed E-state index contributed by atoms with van der Waals surface area (Å²) in [4.78, 5) is 39.7. The molecule has 1 aromatic heterocycles. The maximum atomic E-state index is 13.4. The second kappa shape index (κ2) is 14.0. The molecule has 1 saturated heterocycles. The average Bonchev–Trinajstić information content (AvgIpc) is 3.04. The highest BCUT2D eigenvalue weighted by atomic mass is 32.2. The molecule has 0 spiro atoms. The predicted octanol–water partition coefficient (Wildman–Crippen LogP) is 6.62. The van der Waals surface area contributed by atoms with Gasteiger partial charge in [0.15, 0.2) is 5.16 Å². The van der Waals surface area contributed by atoms with Crippen LogP contribution in [0.3, 0.4) is 0 Å². The number of benzene rings is 2. The quantitative estimate of drug-likeness (QED) is 0.162. The Kier molecular flexibility index (Phi) is 9.93. The lowest BCUT2D eigenvalue weighted by Gasteiger charge is -2.32. The lowest BCUT2D eigenvalue weighted by atomic mass is 9.94. The van der Waals surface area contributed by atoms with Crippen molar-refractivity contribution in [1.82, 2.24) is 14.9 Å². The van der Waals surface area contributed by atoms with Crippen LogP contribution < -0.4 is 4.90 Å². The summed E-state index contributed by atoms with van der Waals surface area (Å²) in [5.41, 5.74) is 3.68. The minimum atomic E-state index is -0.249. The van der Waals surface area contributed by atoms with Crippen LogP contribution in [-0.2, 0) is 15.3 Å². The van der Waals surface area contributed by atoms with Gasteiger partial charge in [0.1, 0.15) is 5.82 Å². The molecule has 1 unspecified atom stereocenters. The summed E-state index contributed by atoms with van der Waals surface area (Å²) in [6, 6.07) is 20.7. The molecule has 1 amide bonds. The topological polar surface area (TPSA) is 75.6 Å². The summed E-state index contributed by atoms with van der Waals surface area (Å²) in [7, 11) is 2.16. The Hall–Kier alpha value is -3.39. The molecular formula is C33H40N4O3S. The molecule has 2 fully saturated rings. The number of likely N-dealkylation sites (tertiary alicyclic amines) is 1. The Morgan fingerprint density at radius 3 is 2.56 bits per heavy atom. The van der Waals surface area contributed by atoms with Crippen molar-refractivity contribution in [2.24, 2.45) is 5.92 Å². The zero-order valence-electron chi connectivity index (χ0n) is 24.1. The SMILES string of the molecule is CCOC(=O)C1CCCN(C(=O)c2cccc(CSc3nc(-c4ccccc4)cc(N(C)C4CCCCC4)n3)c2)C1. The maximum Gasteiger partial charge on any atom is 0.310 e. The van der Waals surface area contributed by atoms with E-state index in [2.05, 4.69) is 30.1 Å². The normalized spacial score (nSPS) is 17.7. The second-order valence-electron chi connectivity index (χ2n) is 11.0. The summed E-state index contributed by atoms with van der Waals surface area (Å²) in [5.74, 6) is 1.11. The van der Waals surface area contributed by atoms with Gasteiger partial charge in [0.05, 0.1) is 18.2 Å². The largest absolute Gasteiger partial charge is 0.466 e. The van der Waals surface area contributed by atoms with E-state index in [1.807, 2.05) is 49.4 Å². The van der Waals surface area contributed by atoms with Gasteiger partial charge in [0.25, 0.3) is 5.91 Å². The monoisotopic (exact) mass is 572 g/mol. The van der Waals surface area contributed by atoms with E-state index in [0.717, 1.165) is 40.6 Å². The number of carbonyl (C=O) groups excluding carboxylic acids is 2. The molecule has 0 bridgehead atoms. The number of esters is 1. The van der Waals surface area contributed by atoms with Crippen LogP contribution in [0.2, 0.25) is 0 Å². The molecule has 7 nitrogen and oxygen atoms in total. The fourth-order valence-corrected chi connectivity index (χ4v) is 6.61. The Morgan fingerprint density at radius 1 is 0.976 bits per heavy atom. The van der Waals surface area contributed by atoms with Crippen molar-refractivity contribution in [1.29, 1.82) is 0 Å². The van der Waals surface area contributed by atoms with Gasteiger partial charge in [0, 0.05) is 49.1 Å². The van der Waals surface area contributed by atoms with Crippen LogP contribution in [0.5, 0.6) is 0 Å². The summed E-state index contributed by atoms with van der Waals surface area (Å²) < 4.78 is 5.21. The van der Waals surface area contributed by atoms with E-state index in [4.69, 9.17) is 14.7 Å². The van der Waals surface area contributed by atoms with E-state index in [1.54, 1.807) is 16.7 Å². The molecule has 216 valence electrons. The summed E-state index contributed by atoms with van der Waals surface area (Å²) in [6.07, 6.45) is 7.81. The van der Waals surface area contributed by atoms with E-state index in [0.29, 0.717) is 37.1 Å². The molecule has 0 radical (unpaired) electrons. The summed E-state index contributed by atoms with van der Waals surface area (Å²) >= 11 is 1.59. The van der Waals surface area contributed by atoms with Crippen LogP contribution in [0, 0.1) is 5.92 Å². The highest BCUT2D eigenvalue weighted by Crippen LogP contribution is 2.31. The first kappa shape index (κ1) is 29.1. The first-order chi connectivity index (χ1) is 20.0. The van der Waals surface area contributed by atoms with E-state index >= 15 is 0 Å². The first-order valence-electron chi connectivity index (χ1n) is 14.9. The molecule has 3 aromatic rings. The molecule has 5 rings (SSSR count). The van der Waals surface area contributed by atoms with Gasteiger partial charge in [-0.3, -0.25) is 9.59 Å². The van der Waals surface area contributed by atoms with Crippen molar-refractivity contribution in [3.8, 4) is 11.3 Å². The average molecular weight is 573 g/mol. The Morgan fingerprint density at radius 2 is 1.78 bits per heavy atom. The number of anilines is 1. The van der Waals surface area contributed by atoms with Gasteiger partial charge >= 0.3 is 5.97 Å². The predicted molar refractivity (Wildman–Crippen MR) is 164 cm³/mol. The third-order valence-electron chi connectivity index (χ3n) is 8.12. The van der Waals surface area contributed by atoms with Crippen molar-refractivity contribution >= 4 is 29.5 Å². The Labute approximate surface area is 247 Å². The van der Waals surface area contributed by atoms with Crippen molar-refractivity contribution < 1.29 is 14.3 Å². The third kappa shape index (κ3) is 7.47. The fourth-order valence-electron chi connectivity index (χ4n) is 5.81. The smallest absolute Gasteiger partial charge is 0.310 e. The van der Waals surface area contributed by atoms with Gasteiger partial charge in [-0.25, -0.2) is 9.97 Å². The van der Waals surface area contributed by atoms with Gasteiger partial charge in [-0.1, -0.05) is 73.5 Å².